The fourth-order valence-corrected chi connectivity index (χ4v) is 3.53. The Morgan fingerprint density at radius 2 is 1.95 bits per heavy atom. The van der Waals surface area contributed by atoms with Crippen LogP contribution in [0.4, 0.5) is 0 Å². The lowest BCUT2D eigenvalue weighted by molar-refractivity contribution is 0.0680. The Balaban J connectivity index is 1.72. The molecule has 1 saturated carbocycles. The van der Waals surface area contributed by atoms with Crippen molar-refractivity contribution in [3.8, 4) is 0 Å². The van der Waals surface area contributed by atoms with Crippen molar-refractivity contribution in [3.05, 3.63) is 0 Å². The average Bonchev–Trinajstić information content (AvgIpc) is 2.60. The van der Waals surface area contributed by atoms with E-state index < -0.39 is 0 Å². The highest BCUT2D eigenvalue weighted by Gasteiger charge is 2.35. The zero-order valence-corrected chi connectivity index (χ0v) is 13.6. The molecule has 3 unspecified atom stereocenters. The summed E-state index contributed by atoms with van der Waals surface area (Å²) >= 11 is 0. The van der Waals surface area contributed by atoms with E-state index in [9.17, 15) is 0 Å². The van der Waals surface area contributed by atoms with E-state index in [-0.39, 0.29) is 5.54 Å². The summed E-state index contributed by atoms with van der Waals surface area (Å²) in [7, 11) is 4.59. The van der Waals surface area contributed by atoms with Crippen LogP contribution in [-0.2, 0) is 0 Å². The van der Waals surface area contributed by atoms with Gasteiger partial charge in [-0.05, 0) is 79.1 Å². The molecule has 2 fully saturated rings. The topological polar surface area (TPSA) is 18.5 Å². The minimum absolute atomic E-state index is 0.257. The number of hydrogen-bond acceptors (Lipinski definition) is 3. The summed E-state index contributed by atoms with van der Waals surface area (Å²) in [5.74, 6) is 1.76. The van der Waals surface area contributed by atoms with E-state index in [1.54, 1.807) is 0 Å². The smallest absolute Gasteiger partial charge is 0.0133 e. The molecule has 2 rings (SSSR count). The van der Waals surface area contributed by atoms with E-state index in [1.807, 2.05) is 0 Å². The highest BCUT2D eigenvalue weighted by atomic mass is 15.2. The van der Waals surface area contributed by atoms with Crippen LogP contribution in [-0.4, -0.2) is 61.7 Å². The maximum absolute atomic E-state index is 3.67. The third-order valence-corrected chi connectivity index (χ3v) is 4.87. The van der Waals surface area contributed by atoms with Gasteiger partial charge in [0.2, 0.25) is 0 Å². The van der Waals surface area contributed by atoms with Gasteiger partial charge in [0.25, 0.3) is 0 Å². The highest BCUT2D eigenvalue weighted by molar-refractivity contribution is 4.91. The molecule has 0 spiro atoms. The molecule has 19 heavy (non-hydrogen) atoms. The second-order valence-electron chi connectivity index (χ2n) is 7.89. The van der Waals surface area contributed by atoms with Crippen molar-refractivity contribution >= 4 is 0 Å². The van der Waals surface area contributed by atoms with Crippen molar-refractivity contribution in [2.45, 2.75) is 51.6 Å². The van der Waals surface area contributed by atoms with Crippen LogP contribution in [0.25, 0.3) is 0 Å². The summed E-state index contributed by atoms with van der Waals surface area (Å²) in [5, 5.41) is 3.67. The molecule has 3 atom stereocenters. The first-order valence-corrected chi connectivity index (χ1v) is 7.99. The second-order valence-corrected chi connectivity index (χ2v) is 7.89. The Kier molecular flexibility index (Phi) is 4.91. The molecule has 0 aromatic rings. The summed E-state index contributed by atoms with van der Waals surface area (Å²) in [5.41, 5.74) is 0.257. The summed E-state index contributed by atoms with van der Waals surface area (Å²) < 4.78 is 0. The molecular weight excluding hydrogens is 234 g/mol. The van der Waals surface area contributed by atoms with Gasteiger partial charge in [-0.2, -0.15) is 0 Å². The van der Waals surface area contributed by atoms with Gasteiger partial charge in [0.05, 0.1) is 0 Å². The van der Waals surface area contributed by atoms with Crippen molar-refractivity contribution in [2.75, 3.05) is 40.3 Å². The molecule has 0 amide bonds. The third kappa shape index (κ3) is 4.44. The van der Waals surface area contributed by atoms with Gasteiger partial charge in [-0.15, -0.1) is 0 Å². The highest BCUT2D eigenvalue weighted by Crippen LogP contribution is 2.32. The quantitative estimate of drug-likeness (QED) is 0.822. The lowest BCUT2D eigenvalue weighted by Crippen LogP contribution is -2.52. The van der Waals surface area contributed by atoms with Crippen LogP contribution < -0.4 is 5.32 Å². The van der Waals surface area contributed by atoms with Crippen LogP contribution in [0.3, 0.4) is 0 Å². The van der Waals surface area contributed by atoms with Gasteiger partial charge in [0.15, 0.2) is 0 Å². The van der Waals surface area contributed by atoms with Crippen LogP contribution >= 0.6 is 0 Å². The van der Waals surface area contributed by atoms with Gasteiger partial charge in [-0.25, -0.2) is 0 Å². The molecule has 2 aliphatic rings. The van der Waals surface area contributed by atoms with E-state index in [2.05, 4.69) is 50.0 Å². The number of nitrogens with zero attached hydrogens (tertiary/aromatic N) is 2. The summed E-state index contributed by atoms with van der Waals surface area (Å²) in [4.78, 5) is 5.11. The maximum Gasteiger partial charge on any atom is 0.0133 e. The number of hydrogen-bond donors (Lipinski definition) is 1. The minimum atomic E-state index is 0.257. The van der Waals surface area contributed by atoms with Crippen LogP contribution in [0.15, 0.2) is 0 Å². The predicted molar refractivity (Wildman–Crippen MR) is 82.5 cm³/mol. The van der Waals surface area contributed by atoms with Crippen molar-refractivity contribution in [1.29, 1.82) is 0 Å². The first kappa shape index (κ1) is 15.3. The van der Waals surface area contributed by atoms with Crippen molar-refractivity contribution < 1.29 is 0 Å². The molecule has 0 aromatic heterocycles. The monoisotopic (exact) mass is 267 g/mol. The maximum atomic E-state index is 3.67. The Morgan fingerprint density at radius 3 is 2.42 bits per heavy atom. The van der Waals surface area contributed by atoms with Crippen molar-refractivity contribution in [3.63, 3.8) is 0 Å². The summed E-state index contributed by atoms with van der Waals surface area (Å²) in [6.45, 7) is 11.8. The summed E-state index contributed by atoms with van der Waals surface area (Å²) in [6, 6.07) is 0.820. The van der Waals surface area contributed by atoms with E-state index >= 15 is 0 Å². The van der Waals surface area contributed by atoms with E-state index in [1.165, 1.54) is 45.4 Å². The van der Waals surface area contributed by atoms with E-state index in [0.717, 1.165) is 17.9 Å². The lowest BCUT2D eigenvalue weighted by atomic mass is 9.78. The van der Waals surface area contributed by atoms with Crippen molar-refractivity contribution in [1.82, 2.24) is 15.1 Å². The average molecular weight is 267 g/mol. The van der Waals surface area contributed by atoms with Gasteiger partial charge >= 0.3 is 0 Å². The largest absolute Gasteiger partial charge is 0.312 e. The molecule has 3 nitrogen and oxygen atoms in total. The standard InChI is InChI=1S/C16H33N3/c1-16(2,3)17-10-14-6-7-15(14)19(5)12-13-8-9-18(4)11-13/h13-15,17H,6-12H2,1-5H3. The fourth-order valence-electron chi connectivity index (χ4n) is 3.53. The van der Waals surface area contributed by atoms with E-state index in [0.29, 0.717) is 0 Å². The van der Waals surface area contributed by atoms with Crippen LogP contribution in [0.5, 0.6) is 0 Å². The second kappa shape index (κ2) is 6.11. The van der Waals surface area contributed by atoms with Crippen LogP contribution in [0, 0.1) is 11.8 Å². The third-order valence-electron chi connectivity index (χ3n) is 4.87. The Morgan fingerprint density at radius 1 is 1.21 bits per heavy atom. The normalized spacial score (nSPS) is 32.8. The predicted octanol–water partition coefficient (Wildman–Crippen LogP) is 2.04. The van der Waals surface area contributed by atoms with Crippen LogP contribution in [0.2, 0.25) is 0 Å². The van der Waals surface area contributed by atoms with Crippen molar-refractivity contribution in [2.24, 2.45) is 11.8 Å². The molecule has 1 N–H and O–H groups in total. The molecule has 1 saturated heterocycles. The molecule has 1 aliphatic heterocycles. The molecule has 112 valence electrons. The molecule has 0 aromatic carbocycles. The van der Waals surface area contributed by atoms with Crippen LogP contribution in [0.1, 0.15) is 40.0 Å². The first-order valence-electron chi connectivity index (χ1n) is 7.99. The molecule has 3 heteroatoms. The van der Waals surface area contributed by atoms with Gasteiger partial charge < -0.3 is 15.1 Å². The molecule has 1 heterocycles. The lowest BCUT2D eigenvalue weighted by Gasteiger charge is -2.44. The molecular formula is C16H33N3. The van der Waals surface area contributed by atoms with Gasteiger partial charge in [0.1, 0.15) is 0 Å². The molecule has 0 radical (unpaired) electrons. The number of rotatable bonds is 5. The molecule has 0 bridgehead atoms. The Bertz CT molecular complexity index is 284. The number of nitrogens with one attached hydrogen (secondary N) is 1. The van der Waals surface area contributed by atoms with Gasteiger partial charge in [-0.3, -0.25) is 0 Å². The van der Waals surface area contributed by atoms with Gasteiger partial charge in [-0.1, -0.05) is 0 Å². The SMILES string of the molecule is CN1CCC(CN(C)C2CCC2CNC(C)(C)C)C1. The zero-order chi connectivity index (χ0) is 14.0. The zero-order valence-electron chi connectivity index (χ0n) is 13.6. The fraction of sp³-hybridized carbons (Fsp3) is 1.00. The van der Waals surface area contributed by atoms with Gasteiger partial charge in [0, 0.05) is 24.7 Å². The van der Waals surface area contributed by atoms with E-state index in [4.69, 9.17) is 0 Å². The molecule has 1 aliphatic carbocycles. The number of likely N-dealkylation sites (tertiary alicyclic amines) is 1. The summed E-state index contributed by atoms with van der Waals surface area (Å²) in [6.07, 6.45) is 4.19. The first-order chi connectivity index (χ1) is 8.85. The minimum Gasteiger partial charge on any atom is -0.312 e. The Hall–Kier alpha value is -0.120. The Labute approximate surface area is 119 Å².